The van der Waals surface area contributed by atoms with Crippen molar-refractivity contribution in [2.45, 2.75) is 25.6 Å². The van der Waals surface area contributed by atoms with Crippen LogP contribution in [0.1, 0.15) is 28.0 Å². The van der Waals surface area contributed by atoms with Crippen LogP contribution in [0.4, 0.5) is 5.69 Å². The molecule has 0 aliphatic carbocycles. The molecule has 1 aliphatic heterocycles. The van der Waals surface area contributed by atoms with Crippen molar-refractivity contribution in [2.24, 2.45) is 0 Å². The molecule has 1 aromatic heterocycles. The Labute approximate surface area is 209 Å². The highest BCUT2D eigenvalue weighted by molar-refractivity contribution is 7.98. The van der Waals surface area contributed by atoms with Crippen LogP contribution in [0.15, 0.2) is 55.0 Å². The molecule has 2 N–H and O–H groups in total. The molecule has 1 aliphatic rings. The molecule has 9 heteroatoms. The Morgan fingerprint density at radius 2 is 2.09 bits per heavy atom. The zero-order valence-corrected chi connectivity index (χ0v) is 20.7. The summed E-state index contributed by atoms with van der Waals surface area (Å²) < 4.78 is 8.07. The third-order valence-electron chi connectivity index (χ3n) is 5.83. The number of aromatic nitrogens is 2. The third kappa shape index (κ3) is 5.87. The number of benzene rings is 2. The molecule has 1 unspecified atom stereocenters. The second-order valence-electron chi connectivity index (χ2n) is 8.20. The lowest BCUT2D eigenvalue weighted by molar-refractivity contribution is 0.0911. The lowest BCUT2D eigenvalue weighted by atomic mass is 10.1. The van der Waals surface area contributed by atoms with Crippen LogP contribution in [-0.2, 0) is 13.1 Å². The smallest absolute Gasteiger partial charge is 0.255 e. The Hall–Kier alpha value is -2.68. The number of thioether (sulfide) groups is 1. The van der Waals surface area contributed by atoms with Crippen molar-refractivity contribution < 1.29 is 14.6 Å². The Bertz CT molecular complexity index is 1110. The van der Waals surface area contributed by atoms with Crippen molar-refractivity contribution in [1.29, 1.82) is 0 Å². The summed E-state index contributed by atoms with van der Waals surface area (Å²) in [6.07, 6.45) is 6.43. The molecule has 1 atom stereocenters. The molecule has 0 saturated heterocycles. The van der Waals surface area contributed by atoms with Crippen molar-refractivity contribution in [2.75, 3.05) is 36.7 Å². The number of para-hydroxylation sites is 1. The largest absolute Gasteiger partial charge is 0.489 e. The zero-order chi connectivity index (χ0) is 23.9. The number of nitrogens with one attached hydrogen (secondary N) is 1. The summed E-state index contributed by atoms with van der Waals surface area (Å²) in [7, 11) is 0. The molecular weight excluding hydrogens is 472 g/mol. The van der Waals surface area contributed by atoms with Gasteiger partial charge in [0.15, 0.2) is 5.75 Å². The predicted molar refractivity (Wildman–Crippen MR) is 137 cm³/mol. The number of aliphatic hydroxyl groups excluding tert-OH is 1. The van der Waals surface area contributed by atoms with Crippen molar-refractivity contribution >= 4 is 35.0 Å². The Balaban J connectivity index is 1.51. The topological polar surface area (TPSA) is 79.6 Å². The van der Waals surface area contributed by atoms with E-state index in [9.17, 15) is 9.90 Å². The summed E-state index contributed by atoms with van der Waals surface area (Å²) in [5, 5.41) is 13.3. The maximum atomic E-state index is 13.0. The Kier molecular flexibility index (Phi) is 8.37. The van der Waals surface area contributed by atoms with E-state index in [0.29, 0.717) is 49.0 Å². The summed E-state index contributed by atoms with van der Waals surface area (Å²) >= 11 is 7.70. The van der Waals surface area contributed by atoms with E-state index in [1.165, 1.54) is 0 Å². The maximum Gasteiger partial charge on any atom is 0.255 e. The van der Waals surface area contributed by atoms with Gasteiger partial charge in [-0.05, 0) is 48.3 Å². The van der Waals surface area contributed by atoms with Gasteiger partial charge >= 0.3 is 0 Å². The number of carbonyl (C=O) groups excluding carboxylic acids is 1. The first-order valence-corrected chi connectivity index (χ1v) is 13.0. The normalized spacial score (nSPS) is 13.8. The van der Waals surface area contributed by atoms with Crippen LogP contribution in [0.3, 0.4) is 0 Å². The van der Waals surface area contributed by atoms with Gasteiger partial charge in [0, 0.05) is 17.8 Å². The molecule has 0 saturated carbocycles. The average molecular weight is 501 g/mol. The quantitative estimate of drug-likeness (QED) is 0.440. The first kappa shape index (κ1) is 24.4. The van der Waals surface area contributed by atoms with E-state index in [2.05, 4.69) is 19.8 Å². The van der Waals surface area contributed by atoms with Crippen LogP contribution in [0.2, 0.25) is 5.02 Å². The SMILES string of the molecule is CSCCC(CO)NC(=O)c1cccc2c1OCCN2Cc1cncn1Cc1ccc(Cl)cc1. The van der Waals surface area contributed by atoms with E-state index >= 15 is 0 Å². The number of fused-ring (bicyclic) bond motifs is 1. The fourth-order valence-corrected chi connectivity index (χ4v) is 4.63. The molecule has 2 aromatic carbocycles. The van der Waals surface area contributed by atoms with Crippen LogP contribution in [-0.4, -0.2) is 58.4 Å². The van der Waals surface area contributed by atoms with Gasteiger partial charge in [-0.15, -0.1) is 0 Å². The Morgan fingerprint density at radius 1 is 1.26 bits per heavy atom. The lowest BCUT2D eigenvalue weighted by Gasteiger charge is -2.32. The highest BCUT2D eigenvalue weighted by Crippen LogP contribution is 2.36. The molecule has 180 valence electrons. The van der Waals surface area contributed by atoms with Crippen LogP contribution in [0.5, 0.6) is 5.75 Å². The zero-order valence-electron chi connectivity index (χ0n) is 19.1. The number of anilines is 1. The number of hydrogen-bond acceptors (Lipinski definition) is 6. The molecule has 0 spiro atoms. The van der Waals surface area contributed by atoms with Gasteiger partial charge in [0.1, 0.15) is 6.61 Å². The minimum atomic E-state index is -0.280. The van der Waals surface area contributed by atoms with E-state index in [1.807, 2.05) is 55.2 Å². The van der Waals surface area contributed by atoms with E-state index in [0.717, 1.165) is 22.7 Å². The molecule has 3 aromatic rings. The molecule has 1 amide bonds. The predicted octanol–water partition coefficient (Wildman–Crippen LogP) is 3.83. The highest BCUT2D eigenvalue weighted by Gasteiger charge is 2.25. The van der Waals surface area contributed by atoms with Gasteiger partial charge in [0.25, 0.3) is 5.91 Å². The van der Waals surface area contributed by atoms with E-state index < -0.39 is 0 Å². The number of ether oxygens (including phenoxy) is 1. The number of nitrogens with zero attached hydrogens (tertiary/aromatic N) is 3. The molecule has 0 fully saturated rings. The molecule has 4 rings (SSSR count). The standard InChI is InChI=1S/C25H29ClN4O3S/c1-34-12-9-20(16-31)28-25(32)22-3-2-4-23-24(22)33-11-10-29(23)15-21-13-27-17-30(21)14-18-5-7-19(26)8-6-18/h2-8,13,17,20,31H,9-12,14-16H2,1H3,(H,28,32). The minimum absolute atomic E-state index is 0.0914. The van der Waals surface area contributed by atoms with Crippen LogP contribution in [0, 0.1) is 0 Å². The summed E-state index contributed by atoms with van der Waals surface area (Å²) in [6.45, 7) is 2.44. The molecule has 2 heterocycles. The summed E-state index contributed by atoms with van der Waals surface area (Å²) in [6, 6.07) is 13.1. The summed E-state index contributed by atoms with van der Waals surface area (Å²) in [4.78, 5) is 19.6. The summed E-state index contributed by atoms with van der Waals surface area (Å²) in [5.74, 6) is 1.22. The van der Waals surface area contributed by atoms with Crippen LogP contribution < -0.4 is 15.0 Å². The second kappa shape index (κ2) is 11.6. The number of imidazole rings is 1. The van der Waals surface area contributed by atoms with Crippen LogP contribution >= 0.6 is 23.4 Å². The highest BCUT2D eigenvalue weighted by atomic mass is 35.5. The van der Waals surface area contributed by atoms with Gasteiger partial charge in [-0.1, -0.05) is 29.8 Å². The van der Waals surface area contributed by atoms with Crippen LogP contribution in [0.25, 0.3) is 0 Å². The second-order valence-corrected chi connectivity index (χ2v) is 9.62. The minimum Gasteiger partial charge on any atom is -0.489 e. The van der Waals surface area contributed by atoms with Gasteiger partial charge in [-0.3, -0.25) is 4.79 Å². The van der Waals surface area contributed by atoms with Gasteiger partial charge in [-0.25, -0.2) is 4.98 Å². The molecular formula is C25H29ClN4O3S. The number of rotatable bonds is 10. The monoisotopic (exact) mass is 500 g/mol. The Morgan fingerprint density at radius 3 is 2.85 bits per heavy atom. The average Bonchev–Trinajstić information content (AvgIpc) is 3.29. The summed E-state index contributed by atoms with van der Waals surface area (Å²) in [5.41, 5.74) is 3.57. The maximum absolute atomic E-state index is 13.0. The molecule has 0 bridgehead atoms. The lowest BCUT2D eigenvalue weighted by Crippen LogP contribution is -2.39. The number of carbonyl (C=O) groups is 1. The number of hydrogen-bond donors (Lipinski definition) is 2. The van der Waals surface area contributed by atoms with Gasteiger partial charge in [-0.2, -0.15) is 11.8 Å². The van der Waals surface area contributed by atoms with Crippen molar-refractivity contribution in [3.8, 4) is 5.75 Å². The molecule has 7 nitrogen and oxygen atoms in total. The number of halogens is 1. The fraction of sp³-hybridized carbons (Fsp3) is 0.360. The van der Waals surface area contributed by atoms with Crippen molar-refractivity contribution in [3.63, 3.8) is 0 Å². The van der Waals surface area contributed by atoms with Crippen molar-refractivity contribution in [1.82, 2.24) is 14.9 Å². The van der Waals surface area contributed by atoms with Gasteiger partial charge in [0.05, 0.1) is 49.0 Å². The number of aliphatic hydroxyl groups is 1. The van der Waals surface area contributed by atoms with Gasteiger partial charge in [0.2, 0.25) is 0 Å². The fourth-order valence-electron chi connectivity index (χ4n) is 3.98. The van der Waals surface area contributed by atoms with E-state index in [4.69, 9.17) is 16.3 Å². The van der Waals surface area contributed by atoms with Gasteiger partial charge < -0.3 is 24.6 Å². The third-order valence-corrected chi connectivity index (χ3v) is 6.73. The first-order chi connectivity index (χ1) is 16.6. The van der Waals surface area contributed by atoms with Crippen molar-refractivity contribution in [3.05, 3.63) is 76.8 Å². The van der Waals surface area contributed by atoms with E-state index in [1.54, 1.807) is 17.8 Å². The molecule has 34 heavy (non-hydrogen) atoms. The first-order valence-electron chi connectivity index (χ1n) is 11.2. The molecule has 0 radical (unpaired) electrons. The number of amides is 1. The van der Waals surface area contributed by atoms with E-state index in [-0.39, 0.29) is 18.6 Å².